The van der Waals surface area contributed by atoms with Gasteiger partial charge in [-0.15, -0.1) is 0 Å². The Morgan fingerprint density at radius 1 is 0.963 bits per heavy atom. The zero-order chi connectivity index (χ0) is 19.8. The molecule has 0 unspecified atom stereocenters. The number of esters is 1. The normalized spacial score (nSPS) is 11.3. The van der Waals surface area contributed by atoms with Crippen molar-refractivity contribution in [1.82, 2.24) is 5.32 Å². The molecule has 0 aliphatic carbocycles. The fraction of sp³-hybridized carbons (Fsp3) is 0.300. The number of hydrogen-bond donors (Lipinski definition) is 1. The van der Waals surface area contributed by atoms with E-state index < -0.39 is 5.97 Å². The lowest BCUT2D eigenvalue weighted by atomic mass is 10.1. The monoisotopic (exact) mass is 373 g/mol. The first-order chi connectivity index (χ1) is 13.0. The topological polar surface area (TPSA) is 83.1 Å². The van der Waals surface area contributed by atoms with Crippen molar-refractivity contribution in [3.8, 4) is 17.2 Å². The van der Waals surface area contributed by atoms with Crippen molar-refractivity contribution in [3.05, 3.63) is 53.6 Å². The SMILES string of the molecule is COC(=O)c1ccc(OCC(=O)N[C@@H](C)c2ccccc2OC)c(OC)c1. The standard InChI is InChI=1S/C20H23NO6/c1-13(15-7-5-6-8-16(15)24-2)21-19(22)12-27-17-10-9-14(20(23)26-4)11-18(17)25-3/h5-11,13H,12H2,1-4H3,(H,21,22)/t13-/m0/s1. The molecule has 144 valence electrons. The van der Waals surface area contributed by atoms with Gasteiger partial charge in [-0.3, -0.25) is 4.79 Å². The van der Waals surface area contributed by atoms with Crippen LogP contribution in [-0.4, -0.2) is 39.8 Å². The Hall–Kier alpha value is -3.22. The van der Waals surface area contributed by atoms with Crippen molar-refractivity contribution < 1.29 is 28.5 Å². The number of amides is 1. The number of carbonyl (C=O) groups excluding carboxylic acids is 2. The summed E-state index contributed by atoms with van der Waals surface area (Å²) in [4.78, 5) is 23.8. The molecule has 1 amide bonds. The predicted octanol–water partition coefficient (Wildman–Crippen LogP) is 2.75. The second-order valence-corrected chi connectivity index (χ2v) is 5.68. The first-order valence-corrected chi connectivity index (χ1v) is 8.31. The first-order valence-electron chi connectivity index (χ1n) is 8.31. The third-order valence-electron chi connectivity index (χ3n) is 3.93. The Bertz CT molecular complexity index is 805. The van der Waals surface area contributed by atoms with Gasteiger partial charge in [-0.2, -0.15) is 0 Å². The van der Waals surface area contributed by atoms with E-state index in [0.717, 1.165) is 5.56 Å². The van der Waals surface area contributed by atoms with E-state index in [0.29, 0.717) is 22.8 Å². The summed E-state index contributed by atoms with van der Waals surface area (Å²) in [6, 6.07) is 11.8. The average Bonchev–Trinajstić information content (AvgIpc) is 2.71. The molecule has 7 heteroatoms. The number of hydrogen-bond acceptors (Lipinski definition) is 6. The lowest BCUT2D eigenvalue weighted by Gasteiger charge is -2.18. The number of ether oxygens (including phenoxy) is 4. The number of carbonyl (C=O) groups is 2. The van der Waals surface area contributed by atoms with Crippen LogP contribution in [0.15, 0.2) is 42.5 Å². The predicted molar refractivity (Wildman–Crippen MR) is 99.4 cm³/mol. The van der Waals surface area contributed by atoms with Gasteiger partial charge in [0.05, 0.1) is 32.9 Å². The highest BCUT2D eigenvalue weighted by molar-refractivity contribution is 5.90. The van der Waals surface area contributed by atoms with Crippen LogP contribution in [0.4, 0.5) is 0 Å². The number of rotatable bonds is 8. The zero-order valence-electron chi connectivity index (χ0n) is 15.8. The van der Waals surface area contributed by atoms with Crippen LogP contribution in [0, 0.1) is 0 Å². The van der Waals surface area contributed by atoms with Gasteiger partial charge in [0.25, 0.3) is 5.91 Å². The van der Waals surface area contributed by atoms with E-state index >= 15 is 0 Å². The van der Waals surface area contributed by atoms with Gasteiger partial charge in [-0.05, 0) is 31.2 Å². The second-order valence-electron chi connectivity index (χ2n) is 5.68. The highest BCUT2D eigenvalue weighted by atomic mass is 16.5. The molecule has 2 aromatic rings. The van der Waals surface area contributed by atoms with Crippen LogP contribution in [0.1, 0.15) is 28.9 Å². The molecular weight excluding hydrogens is 350 g/mol. The molecule has 7 nitrogen and oxygen atoms in total. The molecule has 2 aromatic carbocycles. The van der Waals surface area contributed by atoms with Gasteiger partial charge in [-0.1, -0.05) is 18.2 Å². The highest BCUT2D eigenvalue weighted by Gasteiger charge is 2.16. The Morgan fingerprint density at radius 3 is 2.33 bits per heavy atom. The van der Waals surface area contributed by atoms with Crippen LogP contribution in [0.3, 0.4) is 0 Å². The summed E-state index contributed by atoms with van der Waals surface area (Å²) in [5, 5.41) is 2.86. The minimum atomic E-state index is -0.483. The minimum absolute atomic E-state index is 0.201. The van der Waals surface area contributed by atoms with Crippen LogP contribution in [0.5, 0.6) is 17.2 Å². The van der Waals surface area contributed by atoms with Crippen molar-refractivity contribution in [1.29, 1.82) is 0 Å². The van der Waals surface area contributed by atoms with E-state index in [1.807, 2.05) is 31.2 Å². The third kappa shape index (κ3) is 5.13. The van der Waals surface area contributed by atoms with Crippen molar-refractivity contribution in [2.75, 3.05) is 27.9 Å². The van der Waals surface area contributed by atoms with Crippen molar-refractivity contribution in [3.63, 3.8) is 0 Å². The quantitative estimate of drug-likeness (QED) is 0.717. The molecule has 0 radical (unpaired) electrons. The van der Waals surface area contributed by atoms with E-state index in [-0.39, 0.29) is 18.6 Å². The van der Waals surface area contributed by atoms with Gasteiger partial charge in [0, 0.05) is 5.56 Å². The maximum Gasteiger partial charge on any atom is 0.337 e. The molecule has 0 aliphatic heterocycles. The Morgan fingerprint density at radius 2 is 1.67 bits per heavy atom. The Kier molecular flexibility index (Phi) is 7.05. The third-order valence-corrected chi connectivity index (χ3v) is 3.93. The van der Waals surface area contributed by atoms with E-state index in [1.165, 1.54) is 20.3 Å². The molecule has 2 rings (SSSR count). The lowest BCUT2D eigenvalue weighted by Crippen LogP contribution is -2.31. The van der Waals surface area contributed by atoms with Gasteiger partial charge >= 0.3 is 5.97 Å². The Labute approximate surface area is 158 Å². The second kappa shape index (κ2) is 9.47. The molecule has 0 saturated heterocycles. The minimum Gasteiger partial charge on any atom is -0.496 e. The lowest BCUT2D eigenvalue weighted by molar-refractivity contribution is -0.123. The number of benzene rings is 2. The van der Waals surface area contributed by atoms with Gasteiger partial charge in [0.1, 0.15) is 5.75 Å². The molecule has 1 N–H and O–H groups in total. The number of para-hydroxylation sites is 1. The van der Waals surface area contributed by atoms with Gasteiger partial charge in [0.15, 0.2) is 18.1 Å². The van der Waals surface area contributed by atoms with Crippen molar-refractivity contribution >= 4 is 11.9 Å². The molecule has 0 aromatic heterocycles. The fourth-order valence-electron chi connectivity index (χ4n) is 2.56. The molecule has 0 bridgehead atoms. The first kappa shape index (κ1) is 20.1. The van der Waals surface area contributed by atoms with Crippen molar-refractivity contribution in [2.24, 2.45) is 0 Å². The molecule has 0 heterocycles. The molecule has 27 heavy (non-hydrogen) atoms. The van der Waals surface area contributed by atoms with Crippen LogP contribution in [0.25, 0.3) is 0 Å². The summed E-state index contributed by atoms with van der Waals surface area (Å²) in [5.41, 5.74) is 1.20. The molecule has 0 fully saturated rings. The summed E-state index contributed by atoms with van der Waals surface area (Å²) in [5.74, 6) is 0.607. The van der Waals surface area contributed by atoms with E-state index in [2.05, 4.69) is 10.1 Å². The number of methoxy groups -OCH3 is 3. The van der Waals surface area contributed by atoms with E-state index in [9.17, 15) is 9.59 Å². The van der Waals surface area contributed by atoms with Crippen LogP contribution in [-0.2, 0) is 9.53 Å². The van der Waals surface area contributed by atoms with E-state index in [1.54, 1.807) is 19.2 Å². The summed E-state index contributed by atoms with van der Waals surface area (Å²) in [6.07, 6.45) is 0. The van der Waals surface area contributed by atoms with E-state index in [4.69, 9.17) is 14.2 Å². The van der Waals surface area contributed by atoms with Crippen molar-refractivity contribution in [2.45, 2.75) is 13.0 Å². The Balaban J connectivity index is 2.00. The van der Waals surface area contributed by atoms with Gasteiger partial charge in [-0.25, -0.2) is 4.79 Å². The fourth-order valence-corrected chi connectivity index (χ4v) is 2.56. The zero-order valence-corrected chi connectivity index (χ0v) is 15.8. The molecule has 0 saturated carbocycles. The maximum atomic E-state index is 12.2. The molecule has 0 spiro atoms. The van der Waals surface area contributed by atoms with Gasteiger partial charge in [0.2, 0.25) is 0 Å². The summed E-state index contributed by atoms with van der Waals surface area (Å²) in [6.45, 7) is 1.66. The summed E-state index contributed by atoms with van der Waals surface area (Å²) >= 11 is 0. The molecule has 0 aliphatic rings. The molecule has 1 atom stereocenters. The number of nitrogens with one attached hydrogen (secondary N) is 1. The van der Waals surface area contributed by atoms with Crippen LogP contribution >= 0.6 is 0 Å². The molecular formula is C20H23NO6. The largest absolute Gasteiger partial charge is 0.496 e. The van der Waals surface area contributed by atoms with Crippen LogP contribution < -0.4 is 19.5 Å². The highest BCUT2D eigenvalue weighted by Crippen LogP contribution is 2.28. The van der Waals surface area contributed by atoms with Gasteiger partial charge < -0.3 is 24.3 Å². The maximum absolute atomic E-state index is 12.2. The smallest absolute Gasteiger partial charge is 0.337 e. The summed E-state index contributed by atoms with van der Waals surface area (Å²) < 4.78 is 20.7. The average molecular weight is 373 g/mol. The summed E-state index contributed by atoms with van der Waals surface area (Å²) in [7, 11) is 4.33. The van der Waals surface area contributed by atoms with Crippen LogP contribution in [0.2, 0.25) is 0 Å².